The molecule has 36 heavy (non-hydrogen) atoms. The molecule has 1 amide bonds. The summed E-state index contributed by atoms with van der Waals surface area (Å²) in [7, 11) is 0. The Labute approximate surface area is 200 Å². The van der Waals surface area contributed by atoms with E-state index in [1.165, 1.54) is 36.4 Å². The average Bonchev–Trinajstić information content (AvgIpc) is 2.79. The number of ether oxygens (including phenoxy) is 2. The number of hydrogen-bond donors (Lipinski definition) is 2. The standard InChI is InChI=1S/C24H17F6NO5/c25-23(26,27)16-5-11-18(12-6-16)35-17-9-3-15(4-10-17)21(32)31-20(22(33)34)13-14-1-7-19(8-2-14)36-24(28,29)30/h1-12,20H,13H2,(H,31,32)(H,33,34)/t20-/m0/s1. The molecular weight excluding hydrogens is 496 g/mol. The van der Waals surface area contributed by atoms with Crippen molar-refractivity contribution in [2.24, 2.45) is 0 Å². The highest BCUT2D eigenvalue weighted by Crippen LogP contribution is 2.31. The maximum absolute atomic E-state index is 12.6. The van der Waals surface area contributed by atoms with Crippen LogP contribution in [-0.2, 0) is 17.4 Å². The molecular formula is C24H17F6NO5. The number of alkyl halides is 6. The normalized spacial score (nSPS) is 12.5. The number of amides is 1. The van der Waals surface area contributed by atoms with Gasteiger partial charge < -0.3 is 19.9 Å². The highest BCUT2D eigenvalue weighted by atomic mass is 19.4. The van der Waals surface area contributed by atoms with Crippen molar-refractivity contribution in [3.05, 3.63) is 89.5 Å². The van der Waals surface area contributed by atoms with E-state index in [0.717, 1.165) is 36.4 Å². The topological polar surface area (TPSA) is 84.9 Å². The molecule has 12 heteroatoms. The third-order valence-electron chi connectivity index (χ3n) is 4.73. The van der Waals surface area contributed by atoms with Crippen LogP contribution in [0.3, 0.4) is 0 Å². The summed E-state index contributed by atoms with van der Waals surface area (Å²) in [6.45, 7) is 0. The molecule has 0 unspecified atom stereocenters. The molecule has 2 N–H and O–H groups in total. The maximum Gasteiger partial charge on any atom is 0.573 e. The molecule has 0 heterocycles. The van der Waals surface area contributed by atoms with Crippen LogP contribution in [0.1, 0.15) is 21.5 Å². The third kappa shape index (κ3) is 7.65. The first-order valence-electron chi connectivity index (χ1n) is 10.1. The van der Waals surface area contributed by atoms with Gasteiger partial charge in [0.2, 0.25) is 0 Å². The number of benzene rings is 3. The van der Waals surface area contributed by atoms with Crippen LogP contribution < -0.4 is 14.8 Å². The van der Waals surface area contributed by atoms with E-state index in [9.17, 15) is 41.0 Å². The lowest BCUT2D eigenvalue weighted by molar-refractivity contribution is -0.274. The van der Waals surface area contributed by atoms with Crippen LogP contribution in [-0.4, -0.2) is 29.4 Å². The number of nitrogens with one attached hydrogen (secondary N) is 1. The number of hydrogen-bond acceptors (Lipinski definition) is 4. The van der Waals surface area contributed by atoms with Crippen molar-refractivity contribution >= 4 is 11.9 Å². The smallest absolute Gasteiger partial charge is 0.480 e. The van der Waals surface area contributed by atoms with Gasteiger partial charge in [-0.2, -0.15) is 13.2 Å². The van der Waals surface area contributed by atoms with Crippen molar-refractivity contribution in [1.82, 2.24) is 5.32 Å². The van der Waals surface area contributed by atoms with Gasteiger partial charge in [0.05, 0.1) is 5.56 Å². The van der Waals surface area contributed by atoms with Crippen LogP contribution in [0.2, 0.25) is 0 Å². The number of carboxylic acid groups (broad SMARTS) is 1. The molecule has 0 aliphatic carbocycles. The van der Waals surface area contributed by atoms with Crippen LogP contribution in [0.15, 0.2) is 72.8 Å². The van der Waals surface area contributed by atoms with E-state index in [4.69, 9.17) is 4.74 Å². The second kappa shape index (κ2) is 10.6. The lowest BCUT2D eigenvalue weighted by Crippen LogP contribution is -2.42. The first-order chi connectivity index (χ1) is 16.8. The van der Waals surface area contributed by atoms with Gasteiger partial charge in [-0.1, -0.05) is 12.1 Å². The molecule has 0 saturated carbocycles. The molecule has 3 aromatic carbocycles. The molecule has 0 aromatic heterocycles. The first kappa shape index (κ1) is 26.4. The van der Waals surface area contributed by atoms with Crippen LogP contribution in [0, 0.1) is 0 Å². The Kier molecular flexibility index (Phi) is 7.76. The number of carbonyl (C=O) groups is 2. The third-order valence-corrected chi connectivity index (χ3v) is 4.73. The van der Waals surface area contributed by atoms with Crippen molar-refractivity contribution in [2.75, 3.05) is 0 Å². The summed E-state index contributed by atoms with van der Waals surface area (Å²) >= 11 is 0. The molecule has 0 aliphatic rings. The minimum Gasteiger partial charge on any atom is -0.480 e. The molecule has 0 fully saturated rings. The Morgan fingerprint density at radius 2 is 1.28 bits per heavy atom. The number of aliphatic carboxylic acids is 1. The molecule has 0 radical (unpaired) electrons. The monoisotopic (exact) mass is 513 g/mol. The Hall–Kier alpha value is -4.22. The SMILES string of the molecule is O=C(N[C@@H](Cc1ccc(OC(F)(F)F)cc1)C(=O)O)c1ccc(Oc2ccc(C(F)(F)F)cc2)cc1. The van der Waals surface area contributed by atoms with E-state index < -0.39 is 41.8 Å². The largest absolute Gasteiger partial charge is 0.573 e. The van der Waals surface area contributed by atoms with Crippen molar-refractivity contribution in [3.63, 3.8) is 0 Å². The zero-order chi connectivity index (χ0) is 26.5. The lowest BCUT2D eigenvalue weighted by Gasteiger charge is -2.15. The average molecular weight is 513 g/mol. The lowest BCUT2D eigenvalue weighted by atomic mass is 10.1. The minimum absolute atomic E-state index is 0.0787. The molecule has 3 rings (SSSR count). The predicted octanol–water partition coefficient (Wildman–Crippen LogP) is 5.82. The van der Waals surface area contributed by atoms with Crippen molar-refractivity contribution < 1.29 is 50.5 Å². The molecule has 0 saturated heterocycles. The fourth-order valence-corrected chi connectivity index (χ4v) is 3.03. The van der Waals surface area contributed by atoms with E-state index in [1.54, 1.807) is 0 Å². The Morgan fingerprint density at radius 1 is 0.778 bits per heavy atom. The van der Waals surface area contributed by atoms with E-state index >= 15 is 0 Å². The molecule has 1 atom stereocenters. The fraction of sp³-hybridized carbons (Fsp3) is 0.167. The molecule has 3 aromatic rings. The van der Waals surface area contributed by atoms with Crippen LogP contribution >= 0.6 is 0 Å². The Morgan fingerprint density at radius 3 is 1.75 bits per heavy atom. The van der Waals surface area contributed by atoms with Gasteiger partial charge in [0.1, 0.15) is 23.3 Å². The van der Waals surface area contributed by atoms with Crippen LogP contribution in [0.5, 0.6) is 17.2 Å². The van der Waals surface area contributed by atoms with Crippen LogP contribution in [0.25, 0.3) is 0 Å². The quantitative estimate of drug-likeness (QED) is 0.371. The highest BCUT2D eigenvalue weighted by Gasteiger charge is 2.31. The highest BCUT2D eigenvalue weighted by molar-refractivity contribution is 5.96. The summed E-state index contributed by atoms with van der Waals surface area (Å²) < 4.78 is 83.9. The van der Waals surface area contributed by atoms with Gasteiger partial charge >= 0.3 is 18.5 Å². The van der Waals surface area contributed by atoms with Gasteiger partial charge in [-0.05, 0) is 66.2 Å². The number of carboxylic acids is 1. The molecule has 6 nitrogen and oxygen atoms in total. The van der Waals surface area contributed by atoms with Crippen molar-refractivity contribution in [2.45, 2.75) is 25.0 Å². The summed E-state index contributed by atoms with van der Waals surface area (Å²) in [5.74, 6) is -2.21. The summed E-state index contributed by atoms with van der Waals surface area (Å²) in [6.07, 6.45) is -9.55. The Bertz CT molecular complexity index is 1190. The predicted molar refractivity (Wildman–Crippen MR) is 114 cm³/mol. The number of halogens is 6. The van der Waals surface area contributed by atoms with Gasteiger partial charge in [-0.3, -0.25) is 4.79 Å². The van der Waals surface area contributed by atoms with Crippen molar-refractivity contribution in [3.8, 4) is 17.2 Å². The van der Waals surface area contributed by atoms with Crippen LogP contribution in [0.4, 0.5) is 26.3 Å². The van der Waals surface area contributed by atoms with Gasteiger partial charge in [-0.25, -0.2) is 4.79 Å². The first-order valence-corrected chi connectivity index (χ1v) is 10.1. The molecule has 0 spiro atoms. The zero-order valence-corrected chi connectivity index (χ0v) is 18.1. The second-order valence-electron chi connectivity index (χ2n) is 7.41. The fourth-order valence-electron chi connectivity index (χ4n) is 3.03. The minimum atomic E-state index is -4.86. The van der Waals surface area contributed by atoms with Gasteiger partial charge in [0.15, 0.2) is 0 Å². The van der Waals surface area contributed by atoms with Gasteiger partial charge in [0, 0.05) is 12.0 Å². The van der Waals surface area contributed by atoms with Gasteiger partial charge in [-0.15, -0.1) is 13.2 Å². The maximum atomic E-state index is 12.6. The van der Waals surface area contributed by atoms with E-state index in [2.05, 4.69) is 10.1 Å². The second-order valence-corrected chi connectivity index (χ2v) is 7.41. The number of rotatable bonds is 8. The van der Waals surface area contributed by atoms with Crippen molar-refractivity contribution in [1.29, 1.82) is 0 Å². The van der Waals surface area contributed by atoms with E-state index in [-0.39, 0.29) is 23.5 Å². The summed E-state index contributed by atoms with van der Waals surface area (Å²) in [5.41, 5.74) is -0.409. The summed E-state index contributed by atoms with van der Waals surface area (Å²) in [4.78, 5) is 24.1. The summed E-state index contributed by atoms with van der Waals surface area (Å²) in [5, 5.41) is 11.8. The molecule has 190 valence electrons. The summed E-state index contributed by atoms with van der Waals surface area (Å²) in [6, 6.07) is 12.6. The molecule has 0 aliphatic heterocycles. The van der Waals surface area contributed by atoms with Gasteiger partial charge in [0.25, 0.3) is 5.91 Å². The van der Waals surface area contributed by atoms with E-state index in [0.29, 0.717) is 5.56 Å². The molecule has 0 bridgehead atoms. The zero-order valence-electron chi connectivity index (χ0n) is 18.1. The number of carbonyl (C=O) groups excluding carboxylic acids is 1. The van der Waals surface area contributed by atoms with E-state index in [1.807, 2.05) is 0 Å². The Balaban J connectivity index is 1.61.